The number of aromatic nitrogens is 2. The van der Waals surface area contributed by atoms with E-state index in [0.29, 0.717) is 5.69 Å². The number of carbonyl (C=O) groups excluding carboxylic acids is 2. The number of ether oxygens (including phenoxy) is 1. The Labute approximate surface area is 108 Å². The maximum absolute atomic E-state index is 11.6. The van der Waals surface area contributed by atoms with E-state index >= 15 is 0 Å². The lowest BCUT2D eigenvalue weighted by molar-refractivity contribution is -0.144. The third-order valence-corrected chi connectivity index (χ3v) is 3.12. The quantitative estimate of drug-likeness (QED) is 0.366. The van der Waals surface area contributed by atoms with Gasteiger partial charge in [-0.2, -0.15) is 0 Å². The van der Waals surface area contributed by atoms with Crippen LogP contribution in [0.4, 0.5) is 0 Å². The molecule has 7 heteroatoms. The van der Waals surface area contributed by atoms with E-state index in [2.05, 4.69) is 9.97 Å². The van der Waals surface area contributed by atoms with Gasteiger partial charge < -0.3 is 9.72 Å². The van der Waals surface area contributed by atoms with Gasteiger partial charge in [-0.3, -0.25) is 14.4 Å². The Kier molecular flexibility index (Phi) is 5.08. The number of thioether (sulfide) groups is 1. The summed E-state index contributed by atoms with van der Waals surface area (Å²) < 4.78 is 4.80. The summed E-state index contributed by atoms with van der Waals surface area (Å²) in [4.78, 5) is 40.7. The van der Waals surface area contributed by atoms with Gasteiger partial charge in [0.25, 0.3) is 5.56 Å². The van der Waals surface area contributed by atoms with Crippen molar-refractivity contribution in [1.82, 2.24) is 9.97 Å². The van der Waals surface area contributed by atoms with E-state index in [0.717, 1.165) is 11.8 Å². The summed E-state index contributed by atoms with van der Waals surface area (Å²) in [7, 11) is 0. The minimum Gasteiger partial charge on any atom is -0.465 e. The molecule has 0 aliphatic heterocycles. The summed E-state index contributed by atoms with van der Waals surface area (Å²) >= 11 is 0.882. The Bertz CT molecular complexity index is 512. The van der Waals surface area contributed by atoms with Gasteiger partial charge in [0.05, 0.1) is 6.61 Å². The fraction of sp³-hybridized carbons (Fsp3) is 0.455. The van der Waals surface area contributed by atoms with Gasteiger partial charge in [0.15, 0.2) is 16.2 Å². The summed E-state index contributed by atoms with van der Waals surface area (Å²) in [6, 6.07) is 1.33. The molecule has 18 heavy (non-hydrogen) atoms. The van der Waals surface area contributed by atoms with Crippen LogP contribution in [0.5, 0.6) is 0 Å². The van der Waals surface area contributed by atoms with E-state index < -0.39 is 11.2 Å². The number of nitrogens with zero attached hydrogens (tertiary/aromatic N) is 1. The van der Waals surface area contributed by atoms with Crippen LogP contribution in [-0.2, 0) is 14.3 Å². The normalized spacial score (nSPS) is 11.9. The van der Waals surface area contributed by atoms with Crippen molar-refractivity contribution in [3.05, 3.63) is 22.1 Å². The van der Waals surface area contributed by atoms with E-state index in [1.54, 1.807) is 13.8 Å². The molecule has 0 amide bonds. The molecule has 0 bridgehead atoms. The Morgan fingerprint density at radius 3 is 2.72 bits per heavy atom. The fourth-order valence-electron chi connectivity index (χ4n) is 1.23. The van der Waals surface area contributed by atoms with E-state index in [1.807, 2.05) is 0 Å². The average molecular weight is 270 g/mol. The molecule has 1 unspecified atom stereocenters. The predicted molar refractivity (Wildman–Crippen MR) is 66.6 cm³/mol. The van der Waals surface area contributed by atoms with Gasteiger partial charge in [-0.1, -0.05) is 11.8 Å². The SMILES string of the molecule is CCOC(=O)C(Sc1nc(C)cc(=O)[nH]1)C(C)=O. The van der Waals surface area contributed by atoms with Gasteiger partial charge in [0, 0.05) is 11.8 Å². The molecule has 0 saturated carbocycles. The third-order valence-electron chi connectivity index (χ3n) is 1.95. The number of aromatic amines is 1. The molecule has 0 aromatic carbocycles. The van der Waals surface area contributed by atoms with Crippen LogP contribution in [0.3, 0.4) is 0 Å². The highest BCUT2D eigenvalue weighted by Crippen LogP contribution is 2.20. The Morgan fingerprint density at radius 2 is 2.22 bits per heavy atom. The predicted octanol–water partition coefficient (Wildman–Crippen LogP) is 0.691. The second-order valence-electron chi connectivity index (χ2n) is 3.55. The van der Waals surface area contributed by atoms with Crippen LogP contribution in [0.25, 0.3) is 0 Å². The minimum absolute atomic E-state index is 0.195. The van der Waals surface area contributed by atoms with Gasteiger partial charge in [-0.15, -0.1) is 0 Å². The molecule has 0 fully saturated rings. The van der Waals surface area contributed by atoms with Crippen LogP contribution in [0.1, 0.15) is 19.5 Å². The van der Waals surface area contributed by atoms with Crippen molar-refractivity contribution in [2.24, 2.45) is 0 Å². The number of hydrogen-bond acceptors (Lipinski definition) is 6. The first kappa shape index (κ1) is 14.4. The number of hydrogen-bond donors (Lipinski definition) is 1. The molecule has 1 heterocycles. The van der Waals surface area contributed by atoms with Crippen LogP contribution < -0.4 is 5.56 Å². The zero-order valence-electron chi connectivity index (χ0n) is 10.4. The number of H-pyrrole nitrogens is 1. The van der Waals surface area contributed by atoms with Crippen LogP contribution >= 0.6 is 11.8 Å². The second kappa shape index (κ2) is 6.34. The van der Waals surface area contributed by atoms with Gasteiger partial charge in [0.1, 0.15) is 0 Å². The van der Waals surface area contributed by atoms with Gasteiger partial charge >= 0.3 is 5.97 Å². The number of carbonyl (C=O) groups is 2. The Hall–Kier alpha value is -1.63. The molecule has 98 valence electrons. The number of esters is 1. The summed E-state index contributed by atoms with van der Waals surface area (Å²) in [5.74, 6) is -0.971. The molecule has 1 aromatic rings. The highest BCUT2D eigenvalue weighted by molar-refractivity contribution is 8.01. The van der Waals surface area contributed by atoms with E-state index in [9.17, 15) is 14.4 Å². The van der Waals surface area contributed by atoms with Gasteiger partial charge in [-0.05, 0) is 20.8 Å². The van der Waals surface area contributed by atoms with Crippen molar-refractivity contribution in [3.8, 4) is 0 Å². The zero-order chi connectivity index (χ0) is 13.7. The van der Waals surface area contributed by atoms with Crippen molar-refractivity contribution in [3.63, 3.8) is 0 Å². The lowest BCUT2D eigenvalue weighted by Gasteiger charge is -2.11. The van der Waals surface area contributed by atoms with E-state index in [1.165, 1.54) is 13.0 Å². The molecule has 6 nitrogen and oxygen atoms in total. The lowest BCUT2D eigenvalue weighted by atomic mass is 10.3. The van der Waals surface area contributed by atoms with Crippen molar-refractivity contribution in [2.75, 3.05) is 6.61 Å². The summed E-state index contributed by atoms with van der Waals surface area (Å²) in [5.41, 5.74) is 0.198. The number of ketones is 1. The molecule has 0 aliphatic carbocycles. The fourth-order valence-corrected chi connectivity index (χ4v) is 2.14. The smallest absolute Gasteiger partial charge is 0.327 e. The zero-order valence-corrected chi connectivity index (χ0v) is 11.2. The maximum Gasteiger partial charge on any atom is 0.327 e. The van der Waals surface area contributed by atoms with Gasteiger partial charge in [-0.25, -0.2) is 4.98 Å². The minimum atomic E-state index is -1.00. The Morgan fingerprint density at radius 1 is 1.56 bits per heavy atom. The van der Waals surface area contributed by atoms with Crippen molar-refractivity contribution in [1.29, 1.82) is 0 Å². The summed E-state index contributed by atoms with van der Waals surface area (Å²) in [5, 5.41) is -0.775. The molecule has 1 atom stereocenters. The number of Topliss-reactive ketones (excluding diaryl/α,β-unsaturated/α-hetero) is 1. The maximum atomic E-state index is 11.6. The lowest BCUT2D eigenvalue weighted by Crippen LogP contribution is -2.27. The number of nitrogens with one attached hydrogen (secondary N) is 1. The molecule has 1 aromatic heterocycles. The van der Waals surface area contributed by atoms with Crippen molar-refractivity contribution in [2.45, 2.75) is 31.2 Å². The first-order valence-corrected chi connectivity index (χ1v) is 6.23. The average Bonchev–Trinajstić information content (AvgIpc) is 2.24. The van der Waals surface area contributed by atoms with Crippen LogP contribution in [0.15, 0.2) is 16.0 Å². The topological polar surface area (TPSA) is 89.1 Å². The molecular weight excluding hydrogens is 256 g/mol. The molecule has 0 saturated heterocycles. The summed E-state index contributed by atoms with van der Waals surface area (Å²) in [6.07, 6.45) is 0. The molecule has 1 N–H and O–H groups in total. The molecule has 0 spiro atoms. The molecule has 0 aliphatic rings. The third kappa shape index (κ3) is 3.99. The second-order valence-corrected chi connectivity index (χ2v) is 4.65. The highest BCUT2D eigenvalue weighted by atomic mass is 32.2. The largest absolute Gasteiger partial charge is 0.465 e. The van der Waals surface area contributed by atoms with Crippen molar-refractivity contribution < 1.29 is 14.3 Å². The van der Waals surface area contributed by atoms with Crippen LogP contribution in [0.2, 0.25) is 0 Å². The van der Waals surface area contributed by atoms with Crippen LogP contribution in [-0.4, -0.2) is 33.6 Å². The van der Waals surface area contributed by atoms with Crippen LogP contribution in [0, 0.1) is 6.92 Å². The summed E-state index contributed by atoms with van der Waals surface area (Å²) in [6.45, 7) is 4.81. The van der Waals surface area contributed by atoms with Crippen molar-refractivity contribution >= 4 is 23.5 Å². The van der Waals surface area contributed by atoms with E-state index in [-0.39, 0.29) is 23.1 Å². The Balaban J connectivity index is 2.93. The first-order chi connectivity index (χ1) is 8.43. The number of rotatable bonds is 5. The number of aryl methyl sites for hydroxylation is 1. The first-order valence-electron chi connectivity index (χ1n) is 5.35. The molecule has 1 rings (SSSR count). The highest BCUT2D eigenvalue weighted by Gasteiger charge is 2.27. The molecule has 0 radical (unpaired) electrons. The monoisotopic (exact) mass is 270 g/mol. The molecular formula is C11H14N2O4S. The van der Waals surface area contributed by atoms with E-state index in [4.69, 9.17) is 4.74 Å². The standard InChI is InChI=1S/C11H14N2O4S/c1-4-17-10(16)9(7(3)14)18-11-12-6(2)5-8(15)13-11/h5,9H,4H2,1-3H3,(H,12,13,15). The van der Waals surface area contributed by atoms with Gasteiger partial charge in [0.2, 0.25) is 0 Å².